The van der Waals surface area contributed by atoms with Crippen LogP contribution in [-0.2, 0) is 0 Å². The highest BCUT2D eigenvalue weighted by molar-refractivity contribution is 4.85. The molecule has 0 spiro atoms. The molecule has 3 heteroatoms. The number of nitrogens with one attached hydrogen (secondary N) is 1. The van der Waals surface area contributed by atoms with Gasteiger partial charge in [0.25, 0.3) is 0 Å². The second kappa shape index (κ2) is 5.28. The van der Waals surface area contributed by atoms with E-state index in [1.807, 2.05) is 0 Å². The highest BCUT2D eigenvalue weighted by Crippen LogP contribution is 2.19. The van der Waals surface area contributed by atoms with E-state index in [0.717, 1.165) is 12.1 Å². The number of piperazine rings is 1. The van der Waals surface area contributed by atoms with Gasteiger partial charge in [-0.2, -0.15) is 0 Å². The predicted octanol–water partition coefficient (Wildman–Crippen LogP) is 0.764. The van der Waals surface area contributed by atoms with Crippen molar-refractivity contribution in [1.82, 2.24) is 15.1 Å². The zero-order valence-corrected chi connectivity index (χ0v) is 10.2. The standard InChI is InChI=1S/C12H25N3/c1-3-12(10-13-11-4-5-11)15-8-6-14(2)7-9-15/h11-13H,3-10H2,1-2H3. The first-order valence-electron chi connectivity index (χ1n) is 6.45. The van der Waals surface area contributed by atoms with E-state index in [9.17, 15) is 0 Å². The Morgan fingerprint density at radius 2 is 1.87 bits per heavy atom. The predicted molar refractivity (Wildman–Crippen MR) is 64.2 cm³/mol. The monoisotopic (exact) mass is 211 g/mol. The van der Waals surface area contributed by atoms with Crippen molar-refractivity contribution >= 4 is 0 Å². The Labute approximate surface area is 93.8 Å². The molecule has 3 nitrogen and oxygen atoms in total. The summed E-state index contributed by atoms with van der Waals surface area (Å²) in [5.74, 6) is 0. The first kappa shape index (κ1) is 11.4. The fourth-order valence-electron chi connectivity index (χ4n) is 2.31. The van der Waals surface area contributed by atoms with Crippen LogP contribution in [0, 0.1) is 0 Å². The maximum Gasteiger partial charge on any atom is 0.0219 e. The molecule has 1 saturated heterocycles. The van der Waals surface area contributed by atoms with Gasteiger partial charge in [0.05, 0.1) is 0 Å². The molecule has 0 bridgehead atoms. The van der Waals surface area contributed by atoms with Crippen LogP contribution in [-0.4, -0.2) is 61.7 Å². The summed E-state index contributed by atoms with van der Waals surface area (Å²) in [4.78, 5) is 5.09. The van der Waals surface area contributed by atoms with Gasteiger partial charge in [0.15, 0.2) is 0 Å². The molecule has 1 aliphatic carbocycles. The normalized spacial score (nSPS) is 26.8. The van der Waals surface area contributed by atoms with Gasteiger partial charge in [0.2, 0.25) is 0 Å². The third-order valence-corrected chi connectivity index (χ3v) is 3.75. The maximum absolute atomic E-state index is 3.66. The zero-order chi connectivity index (χ0) is 10.7. The van der Waals surface area contributed by atoms with Crippen LogP contribution in [0.15, 0.2) is 0 Å². The van der Waals surface area contributed by atoms with E-state index in [4.69, 9.17) is 0 Å². The van der Waals surface area contributed by atoms with Crippen LogP contribution in [0.2, 0.25) is 0 Å². The van der Waals surface area contributed by atoms with Gasteiger partial charge in [-0.25, -0.2) is 0 Å². The first-order valence-corrected chi connectivity index (χ1v) is 6.45. The summed E-state index contributed by atoms with van der Waals surface area (Å²) in [5, 5.41) is 3.66. The molecule has 0 aromatic heterocycles. The zero-order valence-electron chi connectivity index (χ0n) is 10.2. The van der Waals surface area contributed by atoms with Crippen molar-refractivity contribution in [3.8, 4) is 0 Å². The van der Waals surface area contributed by atoms with Crippen LogP contribution in [0.25, 0.3) is 0 Å². The fraction of sp³-hybridized carbons (Fsp3) is 1.00. The third-order valence-electron chi connectivity index (χ3n) is 3.75. The second-order valence-electron chi connectivity index (χ2n) is 5.08. The van der Waals surface area contributed by atoms with Gasteiger partial charge in [-0.3, -0.25) is 4.90 Å². The second-order valence-corrected chi connectivity index (χ2v) is 5.08. The summed E-state index contributed by atoms with van der Waals surface area (Å²) in [6, 6.07) is 1.62. The average Bonchev–Trinajstić information content (AvgIpc) is 3.05. The lowest BCUT2D eigenvalue weighted by Crippen LogP contribution is -2.51. The summed E-state index contributed by atoms with van der Waals surface area (Å²) < 4.78 is 0. The minimum absolute atomic E-state index is 0.763. The van der Waals surface area contributed by atoms with Crippen molar-refractivity contribution in [2.45, 2.75) is 38.3 Å². The van der Waals surface area contributed by atoms with Crippen LogP contribution in [0.1, 0.15) is 26.2 Å². The summed E-state index contributed by atoms with van der Waals surface area (Å²) in [7, 11) is 2.22. The molecular formula is C12H25N3. The quantitative estimate of drug-likeness (QED) is 0.724. The molecule has 2 rings (SSSR count). The van der Waals surface area contributed by atoms with Gasteiger partial charge in [0.1, 0.15) is 0 Å². The van der Waals surface area contributed by atoms with E-state index in [2.05, 4.69) is 29.1 Å². The van der Waals surface area contributed by atoms with Gasteiger partial charge < -0.3 is 10.2 Å². The van der Waals surface area contributed by atoms with E-state index < -0.39 is 0 Å². The molecule has 0 radical (unpaired) electrons. The number of hydrogen-bond donors (Lipinski definition) is 1. The Balaban J connectivity index is 1.72. The summed E-state index contributed by atoms with van der Waals surface area (Å²) in [5.41, 5.74) is 0. The van der Waals surface area contributed by atoms with Gasteiger partial charge in [-0.05, 0) is 26.3 Å². The van der Waals surface area contributed by atoms with E-state index in [-0.39, 0.29) is 0 Å². The Bertz CT molecular complexity index is 183. The Kier molecular flexibility index (Phi) is 4.00. The smallest absolute Gasteiger partial charge is 0.0219 e. The van der Waals surface area contributed by atoms with Crippen LogP contribution >= 0.6 is 0 Å². The lowest BCUT2D eigenvalue weighted by molar-refractivity contribution is 0.108. The van der Waals surface area contributed by atoms with Gasteiger partial charge in [-0.15, -0.1) is 0 Å². The molecule has 0 aromatic carbocycles. The molecule has 15 heavy (non-hydrogen) atoms. The minimum Gasteiger partial charge on any atom is -0.312 e. The Hall–Kier alpha value is -0.120. The lowest BCUT2D eigenvalue weighted by atomic mass is 10.1. The average molecular weight is 211 g/mol. The number of nitrogens with zero attached hydrogens (tertiary/aromatic N) is 2. The summed E-state index contributed by atoms with van der Waals surface area (Å²) >= 11 is 0. The van der Waals surface area contributed by atoms with E-state index >= 15 is 0 Å². The molecular weight excluding hydrogens is 186 g/mol. The van der Waals surface area contributed by atoms with E-state index in [1.54, 1.807) is 0 Å². The molecule has 0 amide bonds. The minimum atomic E-state index is 0.763. The fourth-order valence-corrected chi connectivity index (χ4v) is 2.31. The van der Waals surface area contributed by atoms with Crippen molar-refractivity contribution < 1.29 is 0 Å². The Morgan fingerprint density at radius 3 is 2.40 bits per heavy atom. The molecule has 1 unspecified atom stereocenters. The molecule has 2 fully saturated rings. The molecule has 1 saturated carbocycles. The molecule has 1 atom stereocenters. The van der Waals surface area contributed by atoms with Gasteiger partial charge >= 0.3 is 0 Å². The van der Waals surface area contributed by atoms with Crippen molar-refractivity contribution in [3.05, 3.63) is 0 Å². The van der Waals surface area contributed by atoms with Crippen LogP contribution < -0.4 is 5.32 Å². The molecule has 1 aliphatic heterocycles. The first-order chi connectivity index (χ1) is 7.29. The van der Waals surface area contributed by atoms with Gasteiger partial charge in [-0.1, -0.05) is 6.92 Å². The molecule has 2 aliphatic rings. The lowest BCUT2D eigenvalue weighted by Gasteiger charge is -2.37. The molecule has 1 N–H and O–H groups in total. The SMILES string of the molecule is CCC(CNC1CC1)N1CCN(C)CC1. The topological polar surface area (TPSA) is 18.5 Å². The van der Waals surface area contributed by atoms with Gasteiger partial charge in [0, 0.05) is 44.8 Å². The molecule has 1 heterocycles. The highest BCUT2D eigenvalue weighted by atomic mass is 15.3. The largest absolute Gasteiger partial charge is 0.312 e. The van der Waals surface area contributed by atoms with E-state index in [0.29, 0.717) is 0 Å². The summed E-state index contributed by atoms with van der Waals surface area (Å²) in [6.45, 7) is 8.49. The number of rotatable bonds is 5. The van der Waals surface area contributed by atoms with Crippen molar-refractivity contribution in [2.24, 2.45) is 0 Å². The van der Waals surface area contributed by atoms with Crippen LogP contribution in [0.5, 0.6) is 0 Å². The van der Waals surface area contributed by atoms with Crippen LogP contribution in [0.3, 0.4) is 0 Å². The highest BCUT2D eigenvalue weighted by Gasteiger charge is 2.25. The van der Waals surface area contributed by atoms with Crippen molar-refractivity contribution in [1.29, 1.82) is 0 Å². The summed E-state index contributed by atoms with van der Waals surface area (Å²) in [6.07, 6.45) is 4.09. The maximum atomic E-state index is 3.66. The molecule has 0 aromatic rings. The Morgan fingerprint density at radius 1 is 1.20 bits per heavy atom. The van der Waals surface area contributed by atoms with Crippen molar-refractivity contribution in [2.75, 3.05) is 39.8 Å². The third kappa shape index (κ3) is 3.44. The van der Waals surface area contributed by atoms with Crippen LogP contribution in [0.4, 0.5) is 0 Å². The number of likely N-dealkylation sites (N-methyl/N-ethyl adjacent to an activating group) is 1. The molecule has 88 valence electrons. The van der Waals surface area contributed by atoms with Crippen molar-refractivity contribution in [3.63, 3.8) is 0 Å². The number of hydrogen-bond acceptors (Lipinski definition) is 3. The van der Waals surface area contributed by atoms with E-state index in [1.165, 1.54) is 52.0 Å².